The van der Waals surface area contributed by atoms with E-state index in [2.05, 4.69) is 11.4 Å². The van der Waals surface area contributed by atoms with Crippen molar-refractivity contribution in [2.24, 2.45) is 0 Å². The molecule has 2 aromatic rings. The number of carbonyl (C=O) groups excluding carboxylic acids is 1. The third-order valence-corrected chi connectivity index (χ3v) is 4.78. The highest BCUT2D eigenvalue weighted by Gasteiger charge is 2.23. The van der Waals surface area contributed by atoms with Crippen LogP contribution in [0.4, 0.5) is 4.79 Å². The van der Waals surface area contributed by atoms with Crippen molar-refractivity contribution < 1.29 is 19.4 Å². The third kappa shape index (κ3) is 4.00. The molecule has 0 saturated heterocycles. The Labute approximate surface area is 158 Å². The van der Waals surface area contributed by atoms with Gasteiger partial charge in [-0.1, -0.05) is 30.3 Å². The highest BCUT2D eigenvalue weighted by Crippen LogP contribution is 2.30. The molecule has 2 heterocycles. The number of ether oxygens (including phenoxy) is 2. The first-order valence-corrected chi connectivity index (χ1v) is 9.09. The van der Waals surface area contributed by atoms with E-state index in [0.29, 0.717) is 32.0 Å². The zero-order valence-electron chi connectivity index (χ0n) is 14.9. The number of carbonyl (C=O) groups is 1. The van der Waals surface area contributed by atoms with Crippen molar-refractivity contribution in [2.45, 2.75) is 12.5 Å². The van der Waals surface area contributed by atoms with Gasteiger partial charge in [-0.15, -0.1) is 0 Å². The minimum absolute atomic E-state index is 0.0986. The number of nitrogens with zero attached hydrogens (tertiary/aromatic N) is 1. The lowest BCUT2D eigenvalue weighted by molar-refractivity contribution is 0.0903. The number of urea groups is 1. The van der Waals surface area contributed by atoms with E-state index in [-0.39, 0.29) is 17.9 Å². The Kier molecular flexibility index (Phi) is 4.87. The Morgan fingerprint density at radius 2 is 1.93 bits per heavy atom. The van der Waals surface area contributed by atoms with Gasteiger partial charge >= 0.3 is 6.03 Å². The van der Waals surface area contributed by atoms with Gasteiger partial charge in [-0.3, -0.25) is 0 Å². The molecule has 0 fully saturated rings. The first kappa shape index (κ1) is 17.3. The second-order valence-electron chi connectivity index (χ2n) is 6.66. The summed E-state index contributed by atoms with van der Waals surface area (Å²) >= 11 is 0. The van der Waals surface area contributed by atoms with Crippen molar-refractivity contribution in [2.75, 3.05) is 26.2 Å². The molecule has 0 saturated carbocycles. The summed E-state index contributed by atoms with van der Waals surface area (Å²) in [4.78, 5) is 14.2. The molecule has 0 bridgehead atoms. The molecule has 0 radical (unpaired) electrons. The molecule has 6 nitrogen and oxygen atoms in total. The number of benzene rings is 2. The number of aromatic hydroxyl groups is 1. The minimum Gasteiger partial charge on any atom is -0.508 e. The summed E-state index contributed by atoms with van der Waals surface area (Å²) < 4.78 is 11.5. The van der Waals surface area contributed by atoms with Crippen LogP contribution in [0.1, 0.15) is 12.0 Å². The number of hydrogen-bond donors (Lipinski definition) is 2. The van der Waals surface area contributed by atoms with Gasteiger partial charge in [0.2, 0.25) is 0 Å². The smallest absolute Gasteiger partial charge is 0.317 e. The van der Waals surface area contributed by atoms with Crippen LogP contribution in [-0.2, 0) is 0 Å². The topological polar surface area (TPSA) is 71.0 Å². The van der Waals surface area contributed by atoms with Crippen LogP contribution < -0.4 is 14.8 Å². The summed E-state index contributed by atoms with van der Waals surface area (Å²) in [5.41, 5.74) is 2.28. The molecule has 2 amide bonds. The zero-order chi connectivity index (χ0) is 18.6. The molecule has 2 N–H and O–H groups in total. The first-order valence-electron chi connectivity index (χ1n) is 9.09. The Bertz CT molecular complexity index is 848. The van der Waals surface area contributed by atoms with E-state index in [1.54, 1.807) is 17.0 Å². The molecular formula is C21H22N2O4. The van der Waals surface area contributed by atoms with E-state index in [4.69, 9.17) is 9.47 Å². The molecule has 0 unspecified atom stereocenters. The van der Waals surface area contributed by atoms with Crippen molar-refractivity contribution in [3.05, 3.63) is 60.2 Å². The highest BCUT2D eigenvalue weighted by molar-refractivity contribution is 5.76. The molecule has 1 atom stereocenters. The van der Waals surface area contributed by atoms with Gasteiger partial charge in [0.05, 0.1) is 6.54 Å². The van der Waals surface area contributed by atoms with Crippen LogP contribution in [0.15, 0.2) is 54.6 Å². The van der Waals surface area contributed by atoms with E-state index in [0.717, 1.165) is 17.7 Å². The van der Waals surface area contributed by atoms with Crippen LogP contribution in [0.5, 0.6) is 17.2 Å². The molecule has 0 aliphatic carbocycles. The van der Waals surface area contributed by atoms with Crippen molar-refractivity contribution in [1.82, 2.24) is 10.2 Å². The SMILES string of the molecule is O=C(NC[C@H]1COc2ccccc2O1)N1CC=C(c2ccc(O)cc2)CC1. The standard InChI is InChI=1S/C21H22N2O4/c24-17-7-5-15(6-8-17)16-9-11-23(12-10-16)21(25)22-13-18-14-26-19-3-1-2-4-20(19)27-18/h1-9,18,24H,10-14H2,(H,22,25)/t18-/m0/s1. The number of nitrogens with one attached hydrogen (secondary N) is 1. The number of para-hydroxylation sites is 2. The van der Waals surface area contributed by atoms with Crippen molar-refractivity contribution in [1.29, 1.82) is 0 Å². The molecule has 2 aliphatic rings. The van der Waals surface area contributed by atoms with Crippen molar-refractivity contribution in [3.8, 4) is 17.2 Å². The monoisotopic (exact) mass is 366 g/mol. The zero-order valence-corrected chi connectivity index (χ0v) is 14.9. The number of phenols is 1. The molecule has 4 rings (SSSR count). The van der Waals surface area contributed by atoms with E-state index < -0.39 is 0 Å². The van der Waals surface area contributed by atoms with E-state index in [1.165, 1.54) is 5.57 Å². The van der Waals surface area contributed by atoms with Crippen LogP contribution in [0.2, 0.25) is 0 Å². The lowest BCUT2D eigenvalue weighted by Gasteiger charge is -2.29. The molecule has 27 heavy (non-hydrogen) atoms. The predicted molar refractivity (Wildman–Crippen MR) is 102 cm³/mol. The molecule has 2 aromatic carbocycles. The van der Waals surface area contributed by atoms with Gasteiger partial charge in [-0.25, -0.2) is 4.79 Å². The fourth-order valence-electron chi connectivity index (χ4n) is 3.27. The van der Waals surface area contributed by atoms with E-state index in [1.807, 2.05) is 36.4 Å². The normalized spacial score (nSPS) is 18.6. The molecule has 6 heteroatoms. The average molecular weight is 366 g/mol. The van der Waals surface area contributed by atoms with Crippen molar-refractivity contribution in [3.63, 3.8) is 0 Å². The van der Waals surface area contributed by atoms with Gasteiger partial charge in [-0.2, -0.15) is 0 Å². The number of rotatable bonds is 3. The number of amides is 2. The van der Waals surface area contributed by atoms with Crippen LogP contribution >= 0.6 is 0 Å². The Morgan fingerprint density at radius 1 is 1.15 bits per heavy atom. The molecular weight excluding hydrogens is 344 g/mol. The van der Waals surface area contributed by atoms with Gasteiger partial charge < -0.3 is 24.8 Å². The van der Waals surface area contributed by atoms with Gasteiger partial charge in [0.15, 0.2) is 17.6 Å². The van der Waals surface area contributed by atoms with Crippen LogP contribution in [-0.4, -0.2) is 48.4 Å². The Balaban J connectivity index is 1.28. The highest BCUT2D eigenvalue weighted by atomic mass is 16.6. The summed E-state index contributed by atoms with van der Waals surface area (Å²) in [7, 11) is 0. The Hall–Kier alpha value is -3.15. The van der Waals surface area contributed by atoms with Gasteiger partial charge in [-0.05, 0) is 41.8 Å². The summed E-state index contributed by atoms with van der Waals surface area (Å²) in [5.74, 6) is 1.71. The maximum absolute atomic E-state index is 12.4. The minimum atomic E-state index is -0.197. The fourth-order valence-corrected chi connectivity index (χ4v) is 3.27. The van der Waals surface area contributed by atoms with Crippen LogP contribution in [0.25, 0.3) is 5.57 Å². The summed E-state index contributed by atoms with van der Waals surface area (Å²) in [6, 6.07) is 14.6. The first-order chi connectivity index (χ1) is 13.2. The second kappa shape index (κ2) is 7.61. The van der Waals surface area contributed by atoms with Crippen molar-refractivity contribution >= 4 is 11.6 Å². The number of phenolic OH excluding ortho intramolecular Hbond substituents is 1. The molecule has 2 aliphatic heterocycles. The quantitative estimate of drug-likeness (QED) is 0.876. The molecule has 0 aromatic heterocycles. The predicted octanol–water partition coefficient (Wildman–Crippen LogP) is 3.03. The number of hydrogen-bond acceptors (Lipinski definition) is 4. The largest absolute Gasteiger partial charge is 0.508 e. The van der Waals surface area contributed by atoms with Gasteiger partial charge in [0, 0.05) is 13.1 Å². The lowest BCUT2D eigenvalue weighted by atomic mass is 9.99. The molecule has 140 valence electrons. The van der Waals surface area contributed by atoms with E-state index >= 15 is 0 Å². The molecule has 0 spiro atoms. The van der Waals surface area contributed by atoms with Crippen LogP contribution in [0.3, 0.4) is 0 Å². The number of fused-ring (bicyclic) bond motifs is 1. The lowest BCUT2D eigenvalue weighted by Crippen LogP contribution is -2.47. The summed E-state index contributed by atoms with van der Waals surface area (Å²) in [6.45, 7) is 2.04. The van der Waals surface area contributed by atoms with Crippen LogP contribution in [0, 0.1) is 0 Å². The second-order valence-corrected chi connectivity index (χ2v) is 6.66. The van der Waals surface area contributed by atoms with Gasteiger partial charge in [0.25, 0.3) is 0 Å². The fraction of sp³-hybridized carbons (Fsp3) is 0.286. The third-order valence-electron chi connectivity index (χ3n) is 4.78. The summed E-state index contributed by atoms with van der Waals surface area (Å²) in [6.07, 6.45) is 2.65. The maximum atomic E-state index is 12.4. The Morgan fingerprint density at radius 3 is 2.67 bits per heavy atom. The summed E-state index contributed by atoms with van der Waals surface area (Å²) in [5, 5.41) is 12.3. The maximum Gasteiger partial charge on any atom is 0.317 e. The van der Waals surface area contributed by atoms with Gasteiger partial charge in [0.1, 0.15) is 12.4 Å². The van der Waals surface area contributed by atoms with E-state index in [9.17, 15) is 9.90 Å². The average Bonchev–Trinajstić information content (AvgIpc) is 2.72.